The molecule has 3 rings (SSSR count). The molecule has 0 fully saturated rings. The van der Waals surface area contributed by atoms with E-state index in [9.17, 15) is 9.90 Å². The maximum absolute atomic E-state index is 11.4. The molecular weight excluding hydrogens is 308 g/mol. The summed E-state index contributed by atoms with van der Waals surface area (Å²) in [6.07, 6.45) is 0.515. The van der Waals surface area contributed by atoms with Gasteiger partial charge in [0.25, 0.3) is 0 Å². The van der Waals surface area contributed by atoms with Crippen molar-refractivity contribution in [2.45, 2.75) is 26.8 Å². The molecule has 0 amide bonds. The van der Waals surface area contributed by atoms with Gasteiger partial charge in [-0.15, -0.1) is 27.8 Å². The number of hydrogen-bond donors (Lipinski definition) is 1. The highest BCUT2D eigenvalue weighted by molar-refractivity contribution is 7.28. The minimum Gasteiger partial charge on any atom is -0.481 e. The number of aromatic nitrogens is 4. The number of aliphatic carboxylic acids is 1. The first kappa shape index (κ1) is 14.2. The average Bonchev–Trinajstić information content (AvgIpc) is 3.11. The van der Waals surface area contributed by atoms with Gasteiger partial charge in [0.15, 0.2) is 5.82 Å². The van der Waals surface area contributed by atoms with Gasteiger partial charge in [0, 0.05) is 9.40 Å². The van der Waals surface area contributed by atoms with Crippen LogP contribution >= 0.6 is 22.7 Å². The average molecular weight is 322 g/mol. The molecule has 110 valence electrons. The number of thiophene rings is 2. The van der Waals surface area contributed by atoms with Crippen molar-refractivity contribution < 1.29 is 9.90 Å². The fourth-order valence-corrected chi connectivity index (χ4v) is 4.12. The highest BCUT2D eigenvalue weighted by atomic mass is 32.1. The molecule has 21 heavy (non-hydrogen) atoms. The number of carboxylic acid groups (broad SMARTS) is 1. The summed E-state index contributed by atoms with van der Waals surface area (Å²) in [7, 11) is 0. The molecule has 0 radical (unpaired) electrons. The molecule has 1 atom stereocenters. The lowest BCUT2D eigenvalue weighted by molar-refractivity contribution is -0.149. The van der Waals surface area contributed by atoms with Gasteiger partial charge in [-0.2, -0.15) is 0 Å². The van der Waals surface area contributed by atoms with Crippen molar-refractivity contribution in [3.05, 3.63) is 17.5 Å². The maximum Gasteiger partial charge on any atom is 0.311 e. The molecule has 3 aromatic heterocycles. The predicted octanol–water partition coefficient (Wildman–Crippen LogP) is 3.12. The van der Waals surface area contributed by atoms with Gasteiger partial charge in [-0.25, -0.2) is 4.68 Å². The molecule has 1 N–H and O–H groups in total. The first-order valence-corrected chi connectivity index (χ1v) is 8.20. The Kier molecular flexibility index (Phi) is 3.50. The molecule has 0 saturated heterocycles. The second kappa shape index (κ2) is 5.19. The molecular formula is C13H14N4O2S2. The summed E-state index contributed by atoms with van der Waals surface area (Å²) in [6.45, 7) is 3.83. The Morgan fingerprint density at radius 2 is 2.29 bits per heavy atom. The lowest BCUT2D eigenvalue weighted by atomic mass is 9.88. The molecule has 6 nitrogen and oxygen atoms in total. The van der Waals surface area contributed by atoms with Gasteiger partial charge in [-0.1, -0.05) is 6.92 Å². The van der Waals surface area contributed by atoms with Gasteiger partial charge in [-0.3, -0.25) is 4.79 Å². The van der Waals surface area contributed by atoms with E-state index in [0.717, 1.165) is 4.88 Å². The molecule has 0 aliphatic heterocycles. The van der Waals surface area contributed by atoms with Gasteiger partial charge in [-0.05, 0) is 41.3 Å². The Morgan fingerprint density at radius 1 is 1.48 bits per heavy atom. The highest BCUT2D eigenvalue weighted by Gasteiger charge is 2.33. The smallest absolute Gasteiger partial charge is 0.311 e. The number of nitrogens with zero attached hydrogens (tertiary/aromatic N) is 4. The molecule has 1 unspecified atom stereocenters. The van der Waals surface area contributed by atoms with E-state index in [0.29, 0.717) is 12.2 Å². The highest BCUT2D eigenvalue weighted by Crippen LogP contribution is 2.36. The third kappa shape index (κ3) is 2.44. The summed E-state index contributed by atoms with van der Waals surface area (Å²) in [5.74, 6) is -0.206. The van der Waals surface area contributed by atoms with Crippen molar-refractivity contribution >= 4 is 38.0 Å². The minimum absolute atomic E-state index is 0.257. The Bertz CT molecular complexity index is 762. The third-order valence-electron chi connectivity index (χ3n) is 3.69. The number of hydrogen-bond acceptors (Lipinski definition) is 6. The standard InChI is InChI=1S/C13H14N4O2S2/c1-3-13(2,12(18)19)7-17-11(14-15-16-17)10-6-9-8(21-10)4-5-20-9/h4-6H,3,7H2,1-2H3,(H,18,19). The van der Waals surface area contributed by atoms with Crippen LogP contribution in [0.1, 0.15) is 20.3 Å². The van der Waals surface area contributed by atoms with Crippen LogP contribution in [0.3, 0.4) is 0 Å². The zero-order valence-electron chi connectivity index (χ0n) is 11.6. The van der Waals surface area contributed by atoms with E-state index in [1.165, 1.54) is 9.40 Å². The molecule has 0 saturated carbocycles. The van der Waals surface area contributed by atoms with E-state index in [2.05, 4.69) is 27.7 Å². The number of carboxylic acids is 1. The fraction of sp³-hybridized carbons (Fsp3) is 0.385. The van der Waals surface area contributed by atoms with E-state index < -0.39 is 11.4 Å². The predicted molar refractivity (Wildman–Crippen MR) is 82.5 cm³/mol. The largest absolute Gasteiger partial charge is 0.481 e. The summed E-state index contributed by atoms with van der Waals surface area (Å²) in [5, 5.41) is 23.2. The van der Waals surface area contributed by atoms with Crippen LogP contribution in [0, 0.1) is 5.41 Å². The van der Waals surface area contributed by atoms with Crippen molar-refractivity contribution in [2.75, 3.05) is 0 Å². The Balaban J connectivity index is 1.97. The van der Waals surface area contributed by atoms with E-state index in [-0.39, 0.29) is 6.54 Å². The molecule has 0 aliphatic carbocycles. The van der Waals surface area contributed by atoms with Crippen LogP contribution in [-0.4, -0.2) is 31.3 Å². The fourth-order valence-electron chi connectivity index (χ4n) is 2.02. The van der Waals surface area contributed by atoms with Gasteiger partial charge >= 0.3 is 5.97 Å². The van der Waals surface area contributed by atoms with Gasteiger partial charge < -0.3 is 5.11 Å². The van der Waals surface area contributed by atoms with Crippen LogP contribution in [0.5, 0.6) is 0 Å². The first-order valence-electron chi connectivity index (χ1n) is 6.50. The Labute approximate surface area is 129 Å². The summed E-state index contributed by atoms with van der Waals surface area (Å²) < 4.78 is 3.98. The van der Waals surface area contributed by atoms with Gasteiger partial charge in [0.1, 0.15) is 0 Å². The van der Waals surface area contributed by atoms with Gasteiger partial charge in [0.2, 0.25) is 0 Å². The van der Waals surface area contributed by atoms with Crippen molar-refractivity contribution in [1.82, 2.24) is 20.2 Å². The van der Waals surface area contributed by atoms with Crippen LogP contribution in [0.4, 0.5) is 0 Å². The Morgan fingerprint density at radius 3 is 2.95 bits per heavy atom. The summed E-state index contributed by atoms with van der Waals surface area (Å²) in [4.78, 5) is 12.4. The van der Waals surface area contributed by atoms with E-state index in [1.54, 1.807) is 34.3 Å². The summed E-state index contributed by atoms with van der Waals surface area (Å²) in [6, 6.07) is 4.12. The van der Waals surface area contributed by atoms with Crippen molar-refractivity contribution in [2.24, 2.45) is 5.41 Å². The zero-order chi connectivity index (χ0) is 15.0. The van der Waals surface area contributed by atoms with Crippen LogP contribution in [0.2, 0.25) is 0 Å². The monoisotopic (exact) mass is 322 g/mol. The first-order chi connectivity index (χ1) is 10.0. The third-order valence-corrected chi connectivity index (χ3v) is 5.78. The zero-order valence-corrected chi connectivity index (χ0v) is 13.2. The summed E-state index contributed by atoms with van der Waals surface area (Å²) in [5.41, 5.74) is -0.876. The molecule has 3 aromatic rings. The second-order valence-corrected chi connectivity index (χ2v) is 7.17. The van der Waals surface area contributed by atoms with E-state index >= 15 is 0 Å². The quantitative estimate of drug-likeness (QED) is 0.780. The van der Waals surface area contributed by atoms with Crippen LogP contribution in [0.15, 0.2) is 17.5 Å². The molecule has 0 spiro atoms. The topological polar surface area (TPSA) is 80.9 Å². The minimum atomic E-state index is -0.876. The van der Waals surface area contributed by atoms with Crippen LogP contribution in [0.25, 0.3) is 20.1 Å². The van der Waals surface area contributed by atoms with Crippen molar-refractivity contribution in [1.29, 1.82) is 0 Å². The van der Waals surface area contributed by atoms with Gasteiger partial charge in [0.05, 0.1) is 16.8 Å². The second-order valence-electron chi connectivity index (χ2n) is 5.14. The SMILES string of the molecule is CCC(C)(Cn1nnnc1-c1cc2sccc2s1)C(=O)O. The number of fused-ring (bicyclic) bond motifs is 1. The normalized spacial score (nSPS) is 14.4. The van der Waals surface area contributed by atoms with Crippen molar-refractivity contribution in [3.63, 3.8) is 0 Å². The molecule has 0 aromatic carbocycles. The lowest BCUT2D eigenvalue weighted by Crippen LogP contribution is -2.32. The molecule has 0 aliphatic rings. The molecule has 0 bridgehead atoms. The number of tetrazole rings is 1. The molecule has 3 heterocycles. The number of rotatable bonds is 5. The van der Waals surface area contributed by atoms with E-state index in [1.807, 2.05) is 12.3 Å². The number of carbonyl (C=O) groups is 1. The van der Waals surface area contributed by atoms with Crippen molar-refractivity contribution in [3.8, 4) is 10.7 Å². The maximum atomic E-state index is 11.4. The summed E-state index contributed by atoms with van der Waals surface area (Å²) >= 11 is 3.29. The Hall–Kier alpha value is -1.80. The van der Waals surface area contributed by atoms with Crippen LogP contribution < -0.4 is 0 Å². The van der Waals surface area contributed by atoms with E-state index in [4.69, 9.17) is 0 Å². The molecule has 8 heteroatoms. The lowest BCUT2D eigenvalue weighted by Gasteiger charge is -2.22. The van der Waals surface area contributed by atoms with Crippen LogP contribution in [-0.2, 0) is 11.3 Å².